The summed E-state index contributed by atoms with van der Waals surface area (Å²) in [5, 5.41) is 130. The van der Waals surface area contributed by atoms with Gasteiger partial charge in [-0.15, -0.1) is 0 Å². The highest BCUT2D eigenvalue weighted by Crippen LogP contribution is 2.56. The maximum atomic E-state index is 16.7. The molecule has 7 aliphatic heterocycles. The lowest BCUT2D eigenvalue weighted by molar-refractivity contribution is -0.334. The fourth-order valence-electron chi connectivity index (χ4n) is 22.8. The molecule has 145 heavy (non-hydrogen) atoms. The monoisotopic (exact) mass is 2020 g/mol. The van der Waals surface area contributed by atoms with E-state index in [1.165, 1.54) is 45.2 Å². The third-order valence-electron chi connectivity index (χ3n) is 29.7. The number of aromatic hydroxyl groups is 3. The third kappa shape index (κ3) is 19.8. The van der Waals surface area contributed by atoms with E-state index in [9.17, 15) is 60.3 Å². The Morgan fingerprint density at radius 2 is 1.11 bits per heavy atom. The van der Waals surface area contributed by atoms with Gasteiger partial charge in [0.25, 0.3) is 0 Å². The molecular weight excluding hydrogens is 1920 g/mol. The summed E-state index contributed by atoms with van der Waals surface area (Å²) in [6.07, 6.45) is -18.3. The average molecular weight is 2030 g/mol. The number of rotatable bonds is 19. The number of primary amides is 1. The molecule has 0 spiro atoms. The molecular formula is C106H110Cl2N10O27. The summed E-state index contributed by atoms with van der Waals surface area (Å²) >= 11 is 14.7. The van der Waals surface area contributed by atoms with Crippen LogP contribution in [-0.2, 0) is 62.0 Å². The van der Waals surface area contributed by atoms with E-state index in [0.717, 1.165) is 136 Å². The van der Waals surface area contributed by atoms with Crippen molar-refractivity contribution < 1.29 is 132 Å². The zero-order valence-corrected chi connectivity index (χ0v) is 80.6. The molecule has 760 valence electrons. The number of nitrogens with one attached hydrogen (secondary N) is 8. The second-order valence-corrected chi connectivity index (χ2v) is 40.6. The number of carbonyl (C=O) groups excluding carboxylic acids is 10. The number of carbonyl (C=O) groups is 10. The van der Waals surface area contributed by atoms with Crippen molar-refractivity contribution in [1.29, 1.82) is 0 Å². The molecule has 0 aromatic heterocycles. The van der Waals surface area contributed by atoms with Crippen molar-refractivity contribution in [1.82, 2.24) is 47.4 Å². The van der Waals surface area contributed by atoms with Gasteiger partial charge in [-0.3, -0.25) is 43.3 Å². The van der Waals surface area contributed by atoms with Crippen LogP contribution >= 0.6 is 23.2 Å². The van der Waals surface area contributed by atoms with Crippen LogP contribution < -0.4 is 62.5 Å². The van der Waals surface area contributed by atoms with Crippen molar-refractivity contribution in [2.75, 3.05) is 26.9 Å². The highest BCUT2D eigenvalue weighted by molar-refractivity contribution is 6.32. The molecule has 18 atom stereocenters. The fraction of sp³-hybridized carbons (Fsp3) is 0.396. The predicted molar refractivity (Wildman–Crippen MR) is 518 cm³/mol. The number of likely N-dealkylation sites (N-methyl/N-ethyl adjacent to an activating group) is 1. The first-order valence-corrected chi connectivity index (χ1v) is 49.0. The standard InChI is InChI=1S/C106H110Cl2N10O27/c1-46(2)28-72(118(5)105(137)139-45-68-63-20-12-8-16-59(63)60-17-9-13-21-64(60)68)97(130)115-87-89(124)51-23-26-75(69(107)35-51)141-77-37-55-38-78(93(77)145-103-94(92(127)91(126)79(43-119)143-103)144-81-42-106(4,95(128)47(3)140-81)117-104(136)138-44-67-61-18-10-6-14-57(61)58-15-7-11-19-62(58)67)142-76-27-24-52(36-70(76)108)90(125)88-102(135)114-86(100(133)111-83-53-30-48-29-49(32-53)33-54(83)31-48)66-39-56(120)40-74(122)82(66)65-34-50(22-25-73(65)121)84(98(131)116-88)113-99(132)85(55)112-96(129)71(41-80(109)123)110-101(87)134/h6-27,34-40,46-49,53-54,67-68,71-72,79,81,83-92,94-95,103,119-122,124-128H,28-33,41-45H2,1-5H3,(H2,109,123)(H,110,134)(H,111,133)(H,112,129)(H,113,132)(H,114,135)(H,115,130)(H,116,131)(H,117,136)/t47?,48?,49?,53?,54?,71?,72?,79?,81?,83?,84?,85?,86-,87?,88?,89?,90?,91?,92?,94?,95?,103?,106-/m0/s1. The Kier molecular flexibility index (Phi) is 28.1. The number of fused-ring (bicyclic) bond motifs is 21. The van der Waals surface area contributed by atoms with E-state index < -0.39 is 262 Å². The van der Waals surface area contributed by atoms with E-state index in [1.54, 1.807) is 13.8 Å². The molecule has 4 saturated carbocycles. The number of benzene rings is 9. The van der Waals surface area contributed by atoms with Gasteiger partial charge in [0.1, 0.15) is 121 Å². The Hall–Kier alpha value is -13.7. The molecule has 39 heteroatoms. The van der Waals surface area contributed by atoms with Crippen LogP contribution in [0.4, 0.5) is 9.59 Å². The molecule has 6 fully saturated rings. The van der Waals surface area contributed by atoms with Crippen molar-refractivity contribution >= 4 is 82.6 Å². The van der Waals surface area contributed by atoms with Crippen LogP contribution in [-0.4, -0.2) is 222 Å². The quantitative estimate of drug-likeness (QED) is 0.0358. The maximum Gasteiger partial charge on any atom is 0.410 e. The normalized spacial score (nSPS) is 28.3. The average Bonchev–Trinajstić information content (AvgIpc) is 1.68. The van der Waals surface area contributed by atoms with Gasteiger partial charge in [0, 0.05) is 48.5 Å². The topological polar surface area (TPSA) is 552 Å². The van der Waals surface area contributed by atoms with E-state index >= 15 is 33.6 Å². The fourth-order valence-corrected chi connectivity index (χ4v) is 23.2. The number of amides is 10. The van der Waals surface area contributed by atoms with Crippen LogP contribution in [0.2, 0.25) is 10.0 Å². The van der Waals surface area contributed by atoms with Crippen LogP contribution in [0.25, 0.3) is 33.4 Å². The van der Waals surface area contributed by atoms with Crippen LogP contribution in [0.15, 0.2) is 176 Å². The summed E-state index contributed by atoms with van der Waals surface area (Å²) in [5.41, 5.74) is 9.25. The Labute approximate surface area is 841 Å². The molecule has 9 aromatic rings. The SMILES string of the molecule is CC(C)CC(C(=O)NC1C(=O)NC(CC(N)=O)C(=O)NC2C(=O)NC3C(=O)NC(C(=O)N[C@H](C(=O)NC4C5CC6CC(C5)CC4C6)c4cc(O)cc(O)c4-c4cc3ccc4O)C(O)c3ccc(c(Cl)c3)Oc3cc2cc(c3OC2OC(CO)C(O)C(O)C2OC2C[C@](C)(NC(=O)OCC3c4ccccc4-c4ccccc43)C(O)C(C)O2)Oc2ccc(cc2Cl)C1O)N(C)C(=O)OCC1c2ccccc2-c2ccccc21. The molecule has 6 aliphatic carbocycles. The number of aliphatic hydroxyl groups excluding tert-OH is 6. The lowest BCUT2D eigenvalue weighted by Gasteiger charge is -2.54. The van der Waals surface area contributed by atoms with E-state index in [1.807, 2.05) is 97.1 Å². The van der Waals surface area contributed by atoms with Crippen LogP contribution in [0.1, 0.15) is 171 Å². The summed E-state index contributed by atoms with van der Waals surface area (Å²) in [6.45, 7) is 5.11. The maximum absolute atomic E-state index is 16.7. The molecule has 37 nitrogen and oxygen atoms in total. The van der Waals surface area contributed by atoms with Gasteiger partial charge >= 0.3 is 12.2 Å². The smallest absolute Gasteiger partial charge is 0.410 e. The van der Waals surface area contributed by atoms with Crippen LogP contribution in [0.3, 0.4) is 0 Å². The van der Waals surface area contributed by atoms with E-state index in [2.05, 4.69) is 42.5 Å². The summed E-state index contributed by atoms with van der Waals surface area (Å²) < 4.78 is 52.0. The summed E-state index contributed by atoms with van der Waals surface area (Å²) in [4.78, 5) is 155. The van der Waals surface area contributed by atoms with Crippen molar-refractivity contribution in [2.45, 2.75) is 206 Å². The van der Waals surface area contributed by atoms with E-state index in [-0.39, 0.29) is 76.7 Å². The van der Waals surface area contributed by atoms with Gasteiger partial charge in [-0.05, 0) is 209 Å². The number of aliphatic hydroxyl groups is 6. The largest absolute Gasteiger partial charge is 0.508 e. The number of nitrogens with two attached hydrogens (primary N) is 1. The molecule has 22 rings (SSSR count). The van der Waals surface area contributed by atoms with Crippen LogP contribution in [0.5, 0.6) is 46.0 Å². The Bertz CT molecular complexity index is 6510. The zero-order valence-electron chi connectivity index (χ0n) is 79.1. The molecule has 13 aliphatic rings. The predicted octanol–water partition coefficient (Wildman–Crippen LogP) is 9.20. The number of phenolic OH excluding ortho intramolecular Hbond substituents is 3. The first kappa shape index (κ1) is 100. The second kappa shape index (κ2) is 40.7. The lowest BCUT2D eigenvalue weighted by atomic mass is 9.54. The number of hydrogen-bond acceptors (Lipinski definition) is 27. The third-order valence-corrected chi connectivity index (χ3v) is 30.3. The summed E-state index contributed by atoms with van der Waals surface area (Å²) in [5.74, 6) is -15.4. The molecule has 0 radical (unpaired) electrons. The number of ether oxygens (including phenoxy) is 8. The van der Waals surface area contributed by atoms with Gasteiger partial charge in [-0.25, -0.2) is 9.59 Å². The molecule has 9 aromatic carbocycles. The number of hydrogen-bond donors (Lipinski definition) is 18. The first-order valence-electron chi connectivity index (χ1n) is 48.2. The Morgan fingerprint density at radius 1 is 0.566 bits per heavy atom. The number of phenols is 3. The van der Waals surface area contributed by atoms with Gasteiger partial charge in [0.2, 0.25) is 59.3 Å². The van der Waals surface area contributed by atoms with Crippen molar-refractivity contribution in [3.8, 4) is 79.4 Å². The number of halogens is 2. The first-order chi connectivity index (χ1) is 69.4. The lowest BCUT2D eigenvalue weighted by Crippen LogP contribution is -2.66. The van der Waals surface area contributed by atoms with E-state index in [0.29, 0.717) is 11.8 Å². The van der Waals surface area contributed by atoms with Gasteiger partial charge < -0.3 is 132 Å². The minimum absolute atomic E-state index is 0.0391. The Balaban J connectivity index is 0.725. The summed E-state index contributed by atoms with van der Waals surface area (Å²) in [7, 11) is 1.30. The van der Waals surface area contributed by atoms with Gasteiger partial charge in [0.05, 0.1) is 34.7 Å². The zero-order chi connectivity index (χ0) is 102. The Morgan fingerprint density at radius 3 is 1.68 bits per heavy atom. The van der Waals surface area contributed by atoms with Gasteiger partial charge in [-0.1, -0.05) is 152 Å². The number of alkyl carbamates (subject to hydrolysis) is 1. The molecule has 7 heterocycles. The van der Waals surface area contributed by atoms with Gasteiger partial charge in [-0.2, -0.15) is 0 Å². The second-order valence-electron chi connectivity index (χ2n) is 39.8. The van der Waals surface area contributed by atoms with Crippen molar-refractivity contribution in [3.05, 3.63) is 236 Å². The molecule has 16 unspecified atom stereocenters. The summed E-state index contributed by atoms with van der Waals surface area (Å²) in [6, 6.07) is 29.6. The minimum Gasteiger partial charge on any atom is -0.508 e. The number of nitrogens with zero attached hydrogens (tertiary/aromatic N) is 1. The van der Waals surface area contributed by atoms with Crippen molar-refractivity contribution in [3.63, 3.8) is 0 Å². The highest BCUT2D eigenvalue weighted by atomic mass is 35.5. The molecule has 19 N–H and O–H groups in total. The highest BCUT2D eigenvalue weighted by Gasteiger charge is 2.55. The molecule has 15 bridgehead atoms. The molecule has 10 amide bonds. The molecule has 2 saturated heterocycles. The minimum atomic E-state index is -2.44. The van der Waals surface area contributed by atoms with Crippen molar-refractivity contribution in [2.24, 2.45) is 35.3 Å². The van der Waals surface area contributed by atoms with Crippen LogP contribution in [0, 0.1) is 29.6 Å². The van der Waals surface area contributed by atoms with E-state index in [4.69, 9.17) is 66.8 Å². The van der Waals surface area contributed by atoms with Gasteiger partial charge in [0.15, 0.2) is 23.9 Å².